The van der Waals surface area contributed by atoms with E-state index < -0.39 is 0 Å². The van der Waals surface area contributed by atoms with Gasteiger partial charge >= 0.3 is 0 Å². The molecule has 0 saturated carbocycles. The molecule has 0 radical (unpaired) electrons. The third kappa shape index (κ3) is 1.39. The van der Waals surface area contributed by atoms with E-state index >= 15 is 0 Å². The molecule has 0 unspecified atom stereocenters. The van der Waals surface area contributed by atoms with Gasteiger partial charge in [0, 0.05) is 5.39 Å². The van der Waals surface area contributed by atoms with E-state index in [1.54, 1.807) is 12.1 Å². The van der Waals surface area contributed by atoms with Gasteiger partial charge in [0.05, 0.1) is 16.1 Å². The molecule has 1 aromatic heterocycles. The quantitative estimate of drug-likeness (QED) is 0.637. The number of benzene rings is 2. The molecule has 0 saturated heterocycles. The summed E-state index contributed by atoms with van der Waals surface area (Å²) >= 11 is 1.34. The molecule has 2 heterocycles. The Morgan fingerprint density at radius 1 is 1.00 bits per heavy atom. The average molecular weight is 279 g/mol. The Morgan fingerprint density at radius 3 is 2.55 bits per heavy atom. The minimum absolute atomic E-state index is 0.241. The fraction of sp³-hybridized carbons (Fsp3) is 0. The highest BCUT2D eigenvalue weighted by Gasteiger charge is 2.34. The maximum atomic E-state index is 12.5. The fourth-order valence-corrected chi connectivity index (χ4v) is 3.28. The Bertz CT molecular complexity index is 847. The molecule has 3 aromatic rings. The largest absolute Gasteiger partial charge is 0.275 e. The summed E-state index contributed by atoms with van der Waals surface area (Å²) in [6.45, 7) is 0. The summed E-state index contributed by atoms with van der Waals surface area (Å²) in [7, 11) is 0. The van der Waals surface area contributed by atoms with Crippen LogP contribution in [-0.4, -0.2) is 11.8 Å². The Labute approximate surface area is 119 Å². The van der Waals surface area contributed by atoms with Gasteiger partial charge in [-0.05, 0) is 29.0 Å². The summed E-state index contributed by atoms with van der Waals surface area (Å²) in [6, 6.07) is 14.8. The molecule has 0 spiro atoms. The van der Waals surface area contributed by atoms with Crippen molar-refractivity contribution in [3.8, 4) is 0 Å². The van der Waals surface area contributed by atoms with Crippen molar-refractivity contribution in [3.63, 3.8) is 0 Å². The van der Waals surface area contributed by atoms with Gasteiger partial charge in [0.2, 0.25) is 0 Å². The molecule has 20 heavy (non-hydrogen) atoms. The molecule has 4 rings (SSSR count). The molecule has 0 atom stereocenters. The van der Waals surface area contributed by atoms with Crippen molar-refractivity contribution in [2.75, 3.05) is 4.90 Å². The van der Waals surface area contributed by atoms with Crippen LogP contribution in [0.2, 0.25) is 0 Å². The van der Waals surface area contributed by atoms with Gasteiger partial charge in [-0.25, -0.2) is 4.90 Å². The first-order chi connectivity index (χ1) is 9.77. The molecular formula is C16H9NO2S. The topological polar surface area (TPSA) is 37.4 Å². The van der Waals surface area contributed by atoms with Crippen LogP contribution in [0, 0.1) is 0 Å². The number of rotatable bonds is 1. The SMILES string of the molecule is O=C(c1cccs1)N1C(=O)c2cccc3cccc1c23. The summed E-state index contributed by atoms with van der Waals surface area (Å²) in [4.78, 5) is 26.9. The second-order valence-corrected chi connectivity index (χ2v) is 5.55. The number of nitrogens with zero attached hydrogens (tertiary/aromatic N) is 1. The minimum atomic E-state index is -0.256. The predicted molar refractivity (Wildman–Crippen MR) is 79.4 cm³/mol. The monoisotopic (exact) mass is 279 g/mol. The zero-order valence-electron chi connectivity index (χ0n) is 10.4. The molecule has 2 aromatic carbocycles. The Morgan fingerprint density at radius 2 is 1.80 bits per heavy atom. The Kier molecular flexibility index (Phi) is 2.28. The van der Waals surface area contributed by atoms with E-state index in [1.165, 1.54) is 16.2 Å². The molecule has 3 nitrogen and oxygen atoms in total. The Balaban J connectivity index is 1.95. The predicted octanol–water partition coefficient (Wildman–Crippen LogP) is 3.70. The number of imide groups is 1. The summed E-state index contributed by atoms with van der Waals surface area (Å²) in [6.07, 6.45) is 0. The number of thiophene rings is 1. The van der Waals surface area contributed by atoms with E-state index in [1.807, 2.05) is 41.8 Å². The van der Waals surface area contributed by atoms with Crippen LogP contribution in [0.1, 0.15) is 20.0 Å². The van der Waals surface area contributed by atoms with Crippen LogP contribution in [0.3, 0.4) is 0 Å². The summed E-state index contributed by atoms with van der Waals surface area (Å²) in [5, 5.41) is 3.68. The second-order valence-electron chi connectivity index (χ2n) is 4.60. The summed E-state index contributed by atoms with van der Waals surface area (Å²) in [5.41, 5.74) is 1.28. The van der Waals surface area contributed by atoms with Gasteiger partial charge in [0.1, 0.15) is 0 Å². The van der Waals surface area contributed by atoms with Crippen molar-refractivity contribution in [1.82, 2.24) is 0 Å². The third-order valence-corrected chi connectivity index (χ3v) is 4.35. The molecule has 2 amide bonds. The number of carbonyl (C=O) groups excluding carboxylic acids is 2. The van der Waals surface area contributed by atoms with Crippen LogP contribution < -0.4 is 4.90 Å². The molecule has 1 aliphatic heterocycles. The molecule has 0 N–H and O–H groups in total. The van der Waals surface area contributed by atoms with Gasteiger partial charge in [-0.3, -0.25) is 9.59 Å². The van der Waals surface area contributed by atoms with Crippen molar-refractivity contribution in [2.24, 2.45) is 0 Å². The molecule has 1 aliphatic rings. The maximum absolute atomic E-state index is 12.5. The van der Waals surface area contributed by atoms with E-state index in [-0.39, 0.29) is 11.8 Å². The zero-order chi connectivity index (χ0) is 13.7. The lowest BCUT2D eigenvalue weighted by Gasteiger charge is -2.14. The highest BCUT2D eigenvalue weighted by atomic mass is 32.1. The molecular weight excluding hydrogens is 270 g/mol. The van der Waals surface area contributed by atoms with E-state index in [9.17, 15) is 9.59 Å². The maximum Gasteiger partial charge on any atom is 0.275 e. The molecule has 4 heteroatoms. The van der Waals surface area contributed by atoms with Crippen LogP contribution in [-0.2, 0) is 0 Å². The van der Waals surface area contributed by atoms with Crippen LogP contribution in [0.15, 0.2) is 53.9 Å². The van der Waals surface area contributed by atoms with Crippen LogP contribution >= 0.6 is 11.3 Å². The van der Waals surface area contributed by atoms with Crippen LogP contribution in [0.4, 0.5) is 5.69 Å². The number of amides is 2. The number of hydrogen-bond acceptors (Lipinski definition) is 3. The fourth-order valence-electron chi connectivity index (χ4n) is 2.63. The highest BCUT2D eigenvalue weighted by Crippen LogP contribution is 2.38. The van der Waals surface area contributed by atoms with Crippen molar-refractivity contribution < 1.29 is 9.59 Å². The minimum Gasteiger partial charge on any atom is -0.268 e. The van der Waals surface area contributed by atoms with Crippen molar-refractivity contribution in [1.29, 1.82) is 0 Å². The lowest BCUT2D eigenvalue weighted by molar-refractivity contribution is 0.0905. The van der Waals surface area contributed by atoms with E-state index in [0.29, 0.717) is 16.1 Å². The highest BCUT2D eigenvalue weighted by molar-refractivity contribution is 7.12. The van der Waals surface area contributed by atoms with Gasteiger partial charge in [-0.15, -0.1) is 11.3 Å². The molecule has 96 valence electrons. The van der Waals surface area contributed by atoms with Crippen molar-refractivity contribution in [2.45, 2.75) is 0 Å². The second kappa shape index (κ2) is 4.02. The first-order valence-electron chi connectivity index (χ1n) is 6.21. The van der Waals surface area contributed by atoms with Gasteiger partial charge in [0.25, 0.3) is 11.8 Å². The van der Waals surface area contributed by atoms with Gasteiger partial charge < -0.3 is 0 Å². The number of anilines is 1. The van der Waals surface area contributed by atoms with E-state index in [4.69, 9.17) is 0 Å². The lowest BCUT2D eigenvalue weighted by Crippen LogP contribution is -2.33. The number of hydrogen-bond donors (Lipinski definition) is 0. The first-order valence-corrected chi connectivity index (χ1v) is 7.09. The molecule has 0 fully saturated rings. The average Bonchev–Trinajstić information content (AvgIpc) is 3.09. The zero-order valence-corrected chi connectivity index (χ0v) is 11.2. The lowest BCUT2D eigenvalue weighted by atomic mass is 10.1. The summed E-state index contributed by atoms with van der Waals surface area (Å²) < 4.78 is 0. The third-order valence-electron chi connectivity index (χ3n) is 3.49. The van der Waals surface area contributed by atoms with Gasteiger partial charge in [-0.1, -0.05) is 30.3 Å². The van der Waals surface area contributed by atoms with Crippen molar-refractivity contribution in [3.05, 3.63) is 64.4 Å². The molecule has 0 aliphatic carbocycles. The smallest absolute Gasteiger partial charge is 0.268 e. The van der Waals surface area contributed by atoms with E-state index in [0.717, 1.165) is 10.8 Å². The van der Waals surface area contributed by atoms with Crippen LogP contribution in [0.5, 0.6) is 0 Å². The standard InChI is InChI=1S/C16H9NO2S/c18-15-11-6-1-4-10-5-2-7-12(14(10)11)17(15)16(19)13-8-3-9-20-13/h1-9H. The first kappa shape index (κ1) is 11.4. The van der Waals surface area contributed by atoms with Gasteiger partial charge in [0.15, 0.2) is 0 Å². The Hall–Kier alpha value is -2.46. The van der Waals surface area contributed by atoms with Crippen LogP contribution in [0.25, 0.3) is 10.8 Å². The van der Waals surface area contributed by atoms with E-state index in [2.05, 4.69) is 0 Å². The molecule has 0 bridgehead atoms. The summed E-state index contributed by atoms with van der Waals surface area (Å²) in [5.74, 6) is -0.496. The van der Waals surface area contributed by atoms with Gasteiger partial charge in [-0.2, -0.15) is 0 Å². The van der Waals surface area contributed by atoms with Crippen molar-refractivity contribution >= 4 is 39.6 Å². The number of carbonyl (C=O) groups is 2. The normalized spacial score (nSPS) is 13.2.